The second-order valence-corrected chi connectivity index (χ2v) is 4.52. The molecule has 0 fully saturated rings. The number of benzene rings is 1. The summed E-state index contributed by atoms with van der Waals surface area (Å²) in [5, 5.41) is 12.1. The van der Waals surface area contributed by atoms with Crippen LogP contribution in [0.3, 0.4) is 0 Å². The molecule has 1 heterocycles. The van der Waals surface area contributed by atoms with E-state index in [0.717, 1.165) is 12.3 Å². The number of carbonyl (C=O) groups is 1. The third-order valence-electron chi connectivity index (χ3n) is 2.72. The molecule has 1 aromatic carbocycles. The van der Waals surface area contributed by atoms with Gasteiger partial charge in [0.05, 0.1) is 11.8 Å². The molecule has 7 heteroatoms. The molecule has 0 saturated heterocycles. The summed E-state index contributed by atoms with van der Waals surface area (Å²) in [6.07, 6.45) is 1.25. The van der Waals surface area contributed by atoms with Crippen molar-refractivity contribution in [3.8, 4) is 5.75 Å². The van der Waals surface area contributed by atoms with Crippen LogP contribution in [0, 0.1) is 11.6 Å². The summed E-state index contributed by atoms with van der Waals surface area (Å²) in [4.78, 5) is 15.3. The summed E-state index contributed by atoms with van der Waals surface area (Å²) in [6.45, 7) is -0.149. The van der Waals surface area contributed by atoms with E-state index in [1.54, 1.807) is 0 Å². The average molecular weight is 308 g/mol. The number of pyridine rings is 1. The highest BCUT2D eigenvalue weighted by atomic mass is 19.1. The SMILES string of the molecule is O=C(NCC(O)COc1ccc(F)cc1)c1cncc(F)c1. The third kappa shape index (κ3) is 4.78. The van der Waals surface area contributed by atoms with Gasteiger partial charge in [0.1, 0.15) is 30.1 Å². The molecule has 0 bridgehead atoms. The molecule has 0 aliphatic heterocycles. The first-order valence-electron chi connectivity index (χ1n) is 6.50. The lowest BCUT2D eigenvalue weighted by Gasteiger charge is -2.13. The van der Waals surface area contributed by atoms with Crippen LogP contribution in [-0.4, -0.2) is 35.3 Å². The van der Waals surface area contributed by atoms with E-state index < -0.39 is 17.8 Å². The Bertz CT molecular complexity index is 635. The number of amides is 1. The number of nitrogens with one attached hydrogen (secondary N) is 1. The maximum absolute atomic E-state index is 12.9. The van der Waals surface area contributed by atoms with E-state index in [-0.39, 0.29) is 24.5 Å². The molecular weight excluding hydrogens is 294 g/mol. The van der Waals surface area contributed by atoms with Gasteiger partial charge in [0.15, 0.2) is 0 Å². The fourth-order valence-corrected chi connectivity index (χ4v) is 1.63. The van der Waals surface area contributed by atoms with E-state index in [0.29, 0.717) is 5.75 Å². The highest BCUT2D eigenvalue weighted by Gasteiger charge is 2.11. The molecule has 116 valence electrons. The zero-order valence-corrected chi connectivity index (χ0v) is 11.5. The Morgan fingerprint density at radius 3 is 2.64 bits per heavy atom. The van der Waals surface area contributed by atoms with Gasteiger partial charge in [0.2, 0.25) is 0 Å². The molecule has 0 radical (unpaired) electrons. The first kappa shape index (κ1) is 15.8. The topological polar surface area (TPSA) is 71.5 Å². The Morgan fingerprint density at radius 1 is 1.23 bits per heavy atom. The van der Waals surface area contributed by atoms with Crippen LogP contribution in [-0.2, 0) is 0 Å². The predicted molar refractivity (Wildman–Crippen MR) is 74.4 cm³/mol. The van der Waals surface area contributed by atoms with Crippen LogP contribution in [0.2, 0.25) is 0 Å². The van der Waals surface area contributed by atoms with E-state index in [2.05, 4.69) is 10.3 Å². The first-order chi connectivity index (χ1) is 10.5. The van der Waals surface area contributed by atoms with Gasteiger partial charge < -0.3 is 15.2 Å². The van der Waals surface area contributed by atoms with Crippen molar-refractivity contribution in [2.45, 2.75) is 6.10 Å². The van der Waals surface area contributed by atoms with Crippen molar-refractivity contribution in [2.24, 2.45) is 0 Å². The predicted octanol–water partition coefficient (Wildman–Crippen LogP) is 1.53. The number of hydrogen-bond donors (Lipinski definition) is 2. The Morgan fingerprint density at radius 2 is 1.95 bits per heavy atom. The molecule has 0 spiro atoms. The van der Waals surface area contributed by atoms with E-state index in [4.69, 9.17) is 4.74 Å². The molecule has 1 amide bonds. The molecule has 0 saturated carbocycles. The van der Waals surface area contributed by atoms with Crippen LogP contribution in [0.4, 0.5) is 8.78 Å². The molecule has 0 aliphatic rings. The van der Waals surface area contributed by atoms with E-state index in [1.807, 2.05) is 0 Å². The second kappa shape index (κ2) is 7.46. The zero-order chi connectivity index (χ0) is 15.9. The van der Waals surface area contributed by atoms with Gasteiger partial charge >= 0.3 is 0 Å². The summed E-state index contributed by atoms with van der Waals surface area (Å²) >= 11 is 0. The van der Waals surface area contributed by atoms with Crippen LogP contribution in [0.25, 0.3) is 0 Å². The Kier molecular flexibility index (Phi) is 5.37. The number of ether oxygens (including phenoxy) is 1. The second-order valence-electron chi connectivity index (χ2n) is 4.52. The average Bonchev–Trinajstić information content (AvgIpc) is 2.52. The first-order valence-corrected chi connectivity index (χ1v) is 6.50. The number of carbonyl (C=O) groups excluding carboxylic acids is 1. The molecule has 2 aromatic rings. The Labute approximate surface area is 125 Å². The summed E-state index contributed by atoms with van der Waals surface area (Å²) in [7, 11) is 0. The summed E-state index contributed by atoms with van der Waals surface area (Å²) in [5.74, 6) is -1.15. The van der Waals surface area contributed by atoms with Crippen LogP contribution in [0.1, 0.15) is 10.4 Å². The summed E-state index contributed by atoms with van der Waals surface area (Å²) < 4.78 is 30.9. The van der Waals surface area contributed by atoms with Gasteiger partial charge in [-0.1, -0.05) is 0 Å². The van der Waals surface area contributed by atoms with Crippen LogP contribution < -0.4 is 10.1 Å². The van der Waals surface area contributed by atoms with Crippen molar-refractivity contribution in [3.63, 3.8) is 0 Å². The number of aliphatic hydroxyl groups is 1. The fourth-order valence-electron chi connectivity index (χ4n) is 1.63. The normalized spacial score (nSPS) is 11.8. The Hall–Kier alpha value is -2.54. The van der Waals surface area contributed by atoms with Gasteiger partial charge in [0, 0.05) is 12.7 Å². The van der Waals surface area contributed by atoms with Gasteiger partial charge in [-0.25, -0.2) is 8.78 Å². The van der Waals surface area contributed by atoms with Crippen LogP contribution in [0.5, 0.6) is 5.75 Å². The van der Waals surface area contributed by atoms with Crippen molar-refractivity contribution >= 4 is 5.91 Å². The minimum atomic E-state index is -0.962. The van der Waals surface area contributed by atoms with Gasteiger partial charge in [-0.2, -0.15) is 0 Å². The molecule has 1 atom stereocenters. The minimum Gasteiger partial charge on any atom is -0.491 e. The van der Waals surface area contributed by atoms with Gasteiger partial charge in [-0.3, -0.25) is 9.78 Å². The molecule has 5 nitrogen and oxygen atoms in total. The number of aliphatic hydroxyl groups excluding tert-OH is 1. The zero-order valence-electron chi connectivity index (χ0n) is 11.5. The lowest BCUT2D eigenvalue weighted by molar-refractivity contribution is 0.0843. The monoisotopic (exact) mass is 308 g/mol. The molecule has 22 heavy (non-hydrogen) atoms. The highest BCUT2D eigenvalue weighted by Crippen LogP contribution is 2.11. The minimum absolute atomic E-state index is 0.0617. The van der Waals surface area contributed by atoms with Gasteiger partial charge in [-0.15, -0.1) is 0 Å². The summed E-state index contributed by atoms with van der Waals surface area (Å²) in [6, 6.07) is 6.38. The third-order valence-corrected chi connectivity index (χ3v) is 2.72. The highest BCUT2D eigenvalue weighted by molar-refractivity contribution is 5.93. The molecule has 1 unspecified atom stereocenters. The number of aromatic nitrogens is 1. The quantitative estimate of drug-likeness (QED) is 0.849. The van der Waals surface area contributed by atoms with Crippen molar-refractivity contribution in [2.75, 3.05) is 13.2 Å². The number of nitrogens with zero attached hydrogens (tertiary/aromatic N) is 1. The van der Waals surface area contributed by atoms with Crippen molar-refractivity contribution in [1.82, 2.24) is 10.3 Å². The van der Waals surface area contributed by atoms with E-state index >= 15 is 0 Å². The van der Waals surface area contributed by atoms with Crippen LogP contribution >= 0.6 is 0 Å². The molecule has 0 aliphatic carbocycles. The van der Waals surface area contributed by atoms with Gasteiger partial charge in [0.25, 0.3) is 5.91 Å². The maximum atomic E-state index is 12.9. The standard InChI is InChI=1S/C15H14F2N2O3/c16-11-1-3-14(4-2-11)22-9-13(20)8-19-15(21)10-5-12(17)7-18-6-10/h1-7,13,20H,8-9H2,(H,19,21). The number of hydrogen-bond acceptors (Lipinski definition) is 4. The lowest BCUT2D eigenvalue weighted by atomic mass is 10.2. The largest absolute Gasteiger partial charge is 0.491 e. The van der Waals surface area contributed by atoms with Crippen molar-refractivity contribution in [3.05, 3.63) is 59.9 Å². The fraction of sp³-hybridized carbons (Fsp3) is 0.200. The molecule has 2 rings (SSSR count). The smallest absolute Gasteiger partial charge is 0.253 e. The number of rotatable bonds is 6. The van der Waals surface area contributed by atoms with Gasteiger partial charge in [-0.05, 0) is 30.3 Å². The van der Waals surface area contributed by atoms with E-state index in [9.17, 15) is 18.7 Å². The molecular formula is C15H14F2N2O3. The van der Waals surface area contributed by atoms with Crippen molar-refractivity contribution < 1.29 is 23.4 Å². The molecule has 2 N–H and O–H groups in total. The Balaban J connectivity index is 1.76. The maximum Gasteiger partial charge on any atom is 0.253 e. The lowest BCUT2D eigenvalue weighted by Crippen LogP contribution is -2.35. The van der Waals surface area contributed by atoms with Crippen LogP contribution in [0.15, 0.2) is 42.7 Å². The number of halogens is 2. The van der Waals surface area contributed by atoms with E-state index in [1.165, 1.54) is 30.5 Å². The molecule has 1 aromatic heterocycles. The van der Waals surface area contributed by atoms with Crippen molar-refractivity contribution in [1.29, 1.82) is 0 Å². The summed E-state index contributed by atoms with van der Waals surface area (Å²) in [5.41, 5.74) is 0.0617.